The molecule has 3 aliphatic heterocycles. The van der Waals surface area contributed by atoms with Crippen LogP contribution in [-0.2, 0) is 6.18 Å². The number of hydrogen-bond donors (Lipinski definition) is 2. The summed E-state index contributed by atoms with van der Waals surface area (Å²) in [5.41, 5.74) is 1.60. The van der Waals surface area contributed by atoms with Crippen LogP contribution in [0, 0.1) is 5.82 Å². The average Bonchev–Trinajstić information content (AvgIpc) is 3.54. The van der Waals surface area contributed by atoms with Crippen LogP contribution in [-0.4, -0.2) is 75.4 Å². The third-order valence-electron chi connectivity index (χ3n) is 8.43. The normalized spacial score (nSPS) is 18.8. The summed E-state index contributed by atoms with van der Waals surface area (Å²) in [6.45, 7) is 5.72. The number of carbonyl (C=O) groups is 1. The Balaban J connectivity index is 0.00000240. The first-order valence-corrected chi connectivity index (χ1v) is 15.1. The Morgan fingerprint density at radius 2 is 1.50 bits per heavy atom. The molecule has 3 aromatic carbocycles. The summed E-state index contributed by atoms with van der Waals surface area (Å²) in [6, 6.07) is 14.9. The van der Waals surface area contributed by atoms with E-state index in [2.05, 4.69) is 15.5 Å². The van der Waals surface area contributed by atoms with Gasteiger partial charge in [0.25, 0.3) is 5.91 Å². The number of alkyl halides is 3. The van der Waals surface area contributed by atoms with Crippen LogP contribution in [0.2, 0.25) is 0 Å². The van der Waals surface area contributed by atoms with Gasteiger partial charge in [0.15, 0.2) is 0 Å². The van der Waals surface area contributed by atoms with Gasteiger partial charge >= 0.3 is 6.18 Å². The molecule has 0 unspecified atom stereocenters. The van der Waals surface area contributed by atoms with Gasteiger partial charge in [0.2, 0.25) is 0 Å². The SMILES string of the molecule is Cl.Cl.O=C(c1ccc(O[C@H]2CCNC2)c(-c2ccc(C(F)(F)F)cc2)c1)N1CCC(Oc2cc(F)cc(N3CCNCC3)c2)CC1. The molecule has 0 aliphatic carbocycles. The number of piperidine rings is 1. The number of hydrogen-bond acceptors (Lipinski definition) is 6. The highest BCUT2D eigenvalue weighted by atomic mass is 35.5. The molecule has 0 aromatic heterocycles. The molecule has 3 aromatic rings. The van der Waals surface area contributed by atoms with E-state index in [-0.39, 0.29) is 48.7 Å². The van der Waals surface area contributed by atoms with Gasteiger partial charge in [-0.2, -0.15) is 13.2 Å². The first-order chi connectivity index (χ1) is 21.2. The molecule has 250 valence electrons. The summed E-state index contributed by atoms with van der Waals surface area (Å²) < 4.78 is 66.4. The average molecular weight is 686 g/mol. The summed E-state index contributed by atoms with van der Waals surface area (Å²) in [5, 5.41) is 6.54. The van der Waals surface area contributed by atoms with Gasteiger partial charge in [-0.25, -0.2) is 4.39 Å². The lowest BCUT2D eigenvalue weighted by Crippen LogP contribution is -2.43. The first kappa shape index (κ1) is 35.6. The van der Waals surface area contributed by atoms with Crippen molar-refractivity contribution in [3.8, 4) is 22.6 Å². The number of piperazine rings is 1. The smallest absolute Gasteiger partial charge is 0.416 e. The van der Waals surface area contributed by atoms with E-state index < -0.39 is 11.7 Å². The Morgan fingerprint density at radius 3 is 2.15 bits per heavy atom. The monoisotopic (exact) mass is 684 g/mol. The number of rotatable bonds is 7. The Bertz CT molecular complexity index is 1460. The minimum absolute atomic E-state index is 0. The van der Waals surface area contributed by atoms with Gasteiger partial charge in [0.05, 0.1) is 5.56 Å². The molecule has 0 bridgehead atoms. The molecule has 13 heteroatoms. The van der Waals surface area contributed by atoms with Gasteiger partial charge in [-0.05, 0) is 54.9 Å². The van der Waals surface area contributed by atoms with Gasteiger partial charge < -0.3 is 29.9 Å². The maximum atomic E-state index is 14.4. The molecule has 7 nitrogen and oxygen atoms in total. The molecule has 3 aliphatic rings. The number of nitrogens with one attached hydrogen (secondary N) is 2. The minimum atomic E-state index is -4.44. The highest BCUT2D eigenvalue weighted by molar-refractivity contribution is 5.96. The van der Waals surface area contributed by atoms with Gasteiger partial charge in [0, 0.05) is 87.6 Å². The quantitative estimate of drug-likeness (QED) is 0.290. The molecule has 0 spiro atoms. The van der Waals surface area contributed by atoms with E-state index in [0.717, 1.165) is 57.0 Å². The van der Waals surface area contributed by atoms with E-state index in [0.29, 0.717) is 60.7 Å². The van der Waals surface area contributed by atoms with Crippen molar-refractivity contribution in [2.24, 2.45) is 0 Å². The summed E-state index contributed by atoms with van der Waals surface area (Å²) in [4.78, 5) is 17.5. The number of carbonyl (C=O) groups excluding carboxylic acids is 1. The van der Waals surface area contributed by atoms with Gasteiger partial charge in [0.1, 0.15) is 29.5 Å². The zero-order valence-corrected chi connectivity index (χ0v) is 26.8. The van der Waals surface area contributed by atoms with Crippen LogP contribution in [0.15, 0.2) is 60.7 Å². The van der Waals surface area contributed by atoms with Crippen molar-refractivity contribution in [3.63, 3.8) is 0 Å². The Hall–Kier alpha value is -3.25. The Morgan fingerprint density at radius 1 is 0.783 bits per heavy atom. The summed E-state index contributed by atoms with van der Waals surface area (Å²) in [7, 11) is 0. The number of amides is 1. The van der Waals surface area contributed by atoms with Crippen LogP contribution < -0.4 is 25.0 Å². The molecule has 6 rings (SSSR count). The van der Waals surface area contributed by atoms with Crippen LogP contribution in [0.3, 0.4) is 0 Å². The number of benzene rings is 3. The molecule has 3 heterocycles. The van der Waals surface area contributed by atoms with Crippen molar-refractivity contribution >= 4 is 36.4 Å². The second-order valence-corrected chi connectivity index (χ2v) is 11.5. The molecule has 0 saturated carbocycles. The fourth-order valence-corrected chi connectivity index (χ4v) is 6.01. The zero-order chi connectivity index (χ0) is 30.7. The molecule has 1 atom stereocenters. The molecular weight excluding hydrogens is 647 g/mol. The van der Waals surface area contributed by atoms with E-state index in [1.165, 1.54) is 24.3 Å². The van der Waals surface area contributed by atoms with E-state index in [1.54, 1.807) is 23.1 Å². The highest BCUT2D eigenvalue weighted by Crippen LogP contribution is 2.36. The largest absolute Gasteiger partial charge is 0.490 e. The van der Waals surface area contributed by atoms with Crippen molar-refractivity contribution in [3.05, 3.63) is 77.6 Å². The van der Waals surface area contributed by atoms with Crippen LogP contribution in [0.1, 0.15) is 35.2 Å². The number of likely N-dealkylation sites (tertiary alicyclic amines) is 1. The van der Waals surface area contributed by atoms with Crippen LogP contribution in [0.4, 0.5) is 23.2 Å². The van der Waals surface area contributed by atoms with E-state index >= 15 is 0 Å². The second-order valence-electron chi connectivity index (χ2n) is 11.5. The number of nitrogens with zero attached hydrogens (tertiary/aromatic N) is 2. The van der Waals surface area contributed by atoms with Gasteiger partial charge in [-0.1, -0.05) is 12.1 Å². The number of halogens is 6. The van der Waals surface area contributed by atoms with Crippen molar-refractivity contribution < 1.29 is 31.8 Å². The summed E-state index contributed by atoms with van der Waals surface area (Å²) in [5.74, 6) is 0.497. The third kappa shape index (κ3) is 8.56. The van der Waals surface area contributed by atoms with Crippen molar-refractivity contribution in [2.75, 3.05) is 57.3 Å². The number of anilines is 1. The zero-order valence-electron chi connectivity index (χ0n) is 25.2. The summed E-state index contributed by atoms with van der Waals surface area (Å²) in [6.07, 6.45) is -2.66. The Labute approximate surface area is 278 Å². The fraction of sp³-hybridized carbons (Fsp3) is 0.424. The molecule has 2 N–H and O–H groups in total. The molecule has 0 radical (unpaired) electrons. The summed E-state index contributed by atoms with van der Waals surface area (Å²) >= 11 is 0. The van der Waals surface area contributed by atoms with E-state index in [4.69, 9.17) is 9.47 Å². The lowest BCUT2D eigenvalue weighted by atomic mass is 9.99. The first-order valence-electron chi connectivity index (χ1n) is 15.1. The molecule has 3 fully saturated rings. The molecule has 46 heavy (non-hydrogen) atoms. The fourth-order valence-electron chi connectivity index (χ4n) is 6.01. The van der Waals surface area contributed by atoms with Crippen LogP contribution in [0.25, 0.3) is 11.1 Å². The molecular formula is C33H38Cl2F4N4O3. The second kappa shape index (κ2) is 15.6. The van der Waals surface area contributed by atoms with Crippen molar-refractivity contribution in [1.29, 1.82) is 0 Å². The van der Waals surface area contributed by atoms with Crippen LogP contribution >= 0.6 is 24.8 Å². The maximum Gasteiger partial charge on any atom is 0.416 e. The number of ether oxygens (including phenoxy) is 2. The minimum Gasteiger partial charge on any atom is -0.490 e. The predicted molar refractivity (Wildman–Crippen MR) is 174 cm³/mol. The third-order valence-corrected chi connectivity index (χ3v) is 8.43. The van der Waals surface area contributed by atoms with E-state index in [9.17, 15) is 22.4 Å². The van der Waals surface area contributed by atoms with Crippen molar-refractivity contribution in [1.82, 2.24) is 15.5 Å². The molecule has 3 saturated heterocycles. The standard InChI is InChI=1S/C33H36F4N4O3.2ClH/c34-25-18-26(40-15-11-38-12-16-40)20-29(19-25)43-27-8-13-41(14-9-27)32(42)23-3-6-31(44-28-7-10-39-21-28)30(17-23)22-1-4-24(5-2-22)33(35,36)37;;/h1-6,17-20,27-28,38-39H,7-16,21H2;2*1H/t28-;;/m0../s1. The highest BCUT2D eigenvalue weighted by Gasteiger charge is 2.31. The van der Waals surface area contributed by atoms with Crippen molar-refractivity contribution in [2.45, 2.75) is 37.6 Å². The Kier molecular flexibility index (Phi) is 12.0. The lowest BCUT2D eigenvalue weighted by Gasteiger charge is -2.33. The maximum absolute atomic E-state index is 14.4. The van der Waals surface area contributed by atoms with Gasteiger partial charge in [-0.3, -0.25) is 4.79 Å². The van der Waals surface area contributed by atoms with Gasteiger partial charge in [-0.15, -0.1) is 24.8 Å². The predicted octanol–water partition coefficient (Wildman–Crippen LogP) is 6.19. The topological polar surface area (TPSA) is 66.1 Å². The van der Waals surface area contributed by atoms with E-state index in [1.807, 2.05) is 6.07 Å². The van der Waals surface area contributed by atoms with Crippen LogP contribution in [0.5, 0.6) is 11.5 Å². The molecule has 1 amide bonds. The lowest BCUT2D eigenvalue weighted by molar-refractivity contribution is -0.137.